The van der Waals surface area contributed by atoms with E-state index in [4.69, 9.17) is 9.84 Å². The number of hydrogen-bond acceptors (Lipinski definition) is 5. The van der Waals surface area contributed by atoms with Crippen LogP contribution in [-0.4, -0.2) is 27.9 Å². The Kier molecular flexibility index (Phi) is 5.17. The number of carbonyl (C=O) groups is 2. The highest BCUT2D eigenvalue weighted by atomic mass is 16.7. The van der Waals surface area contributed by atoms with Gasteiger partial charge in [-0.1, -0.05) is 26.0 Å². The van der Waals surface area contributed by atoms with Gasteiger partial charge in [0.1, 0.15) is 11.3 Å². The summed E-state index contributed by atoms with van der Waals surface area (Å²) in [5.41, 5.74) is 2.45. The van der Waals surface area contributed by atoms with E-state index in [2.05, 4.69) is 24.5 Å². The smallest absolute Gasteiger partial charge is 0.480 e. The average Bonchev–Trinajstić information content (AvgIpc) is 2.59. The second-order valence-electron chi connectivity index (χ2n) is 8.61. The molecular formula is C22H26N2O5. The topological polar surface area (TPSA) is 108 Å². The van der Waals surface area contributed by atoms with Gasteiger partial charge in [-0.2, -0.15) is 0 Å². The Labute approximate surface area is 169 Å². The van der Waals surface area contributed by atoms with Crippen molar-refractivity contribution in [3.8, 4) is 5.75 Å². The van der Waals surface area contributed by atoms with E-state index in [0.29, 0.717) is 5.75 Å². The fraction of sp³-hybridized carbons (Fsp3) is 0.364. The van der Waals surface area contributed by atoms with E-state index in [1.165, 1.54) is 0 Å². The van der Waals surface area contributed by atoms with Crippen molar-refractivity contribution in [3.63, 3.8) is 0 Å². The van der Waals surface area contributed by atoms with E-state index in [1.807, 2.05) is 30.3 Å². The molecule has 2 aromatic carbocycles. The van der Waals surface area contributed by atoms with Crippen molar-refractivity contribution in [2.45, 2.75) is 45.7 Å². The minimum atomic E-state index is -1.33. The molecule has 0 bridgehead atoms. The summed E-state index contributed by atoms with van der Waals surface area (Å²) in [7, 11) is 0. The van der Waals surface area contributed by atoms with Gasteiger partial charge in [0.05, 0.1) is 6.04 Å². The Morgan fingerprint density at radius 3 is 2.55 bits per heavy atom. The molecule has 0 aromatic heterocycles. The Bertz CT molecular complexity index is 952. The van der Waals surface area contributed by atoms with Crippen LogP contribution in [-0.2, 0) is 11.2 Å². The molecule has 0 saturated heterocycles. The lowest BCUT2D eigenvalue weighted by Crippen LogP contribution is -2.40. The summed E-state index contributed by atoms with van der Waals surface area (Å²) in [6.07, 6.45) is -0.603. The standard InChI is InChI=1S/C22H26N2O5/c1-21(2)12-14-11-16(29-20(27)28)8-9-17(14)23-18(21)13-6-5-7-15(10-13)24-22(3,4)19(25)26/h5-11,18,23-24H,12H2,1-4H3,(H,25,26)(H,27,28). The lowest BCUT2D eigenvalue weighted by Gasteiger charge is -2.41. The van der Waals surface area contributed by atoms with Crippen LogP contribution in [0.25, 0.3) is 0 Å². The largest absolute Gasteiger partial charge is 0.511 e. The number of aliphatic carboxylic acids is 1. The summed E-state index contributed by atoms with van der Waals surface area (Å²) < 4.78 is 4.77. The van der Waals surface area contributed by atoms with E-state index >= 15 is 0 Å². The van der Waals surface area contributed by atoms with E-state index in [9.17, 15) is 14.7 Å². The minimum Gasteiger partial charge on any atom is -0.480 e. The molecule has 0 aliphatic carbocycles. The van der Waals surface area contributed by atoms with E-state index < -0.39 is 17.7 Å². The molecule has 1 heterocycles. The molecule has 0 amide bonds. The van der Waals surface area contributed by atoms with Crippen molar-refractivity contribution < 1.29 is 24.5 Å². The van der Waals surface area contributed by atoms with Crippen molar-refractivity contribution >= 4 is 23.5 Å². The maximum atomic E-state index is 11.4. The van der Waals surface area contributed by atoms with Crippen molar-refractivity contribution in [2.75, 3.05) is 10.6 Å². The van der Waals surface area contributed by atoms with Crippen LogP contribution in [0.2, 0.25) is 0 Å². The Morgan fingerprint density at radius 1 is 1.17 bits per heavy atom. The molecule has 154 valence electrons. The van der Waals surface area contributed by atoms with Gasteiger partial charge in [0.2, 0.25) is 0 Å². The van der Waals surface area contributed by atoms with Gasteiger partial charge in [-0.05, 0) is 67.1 Å². The maximum absolute atomic E-state index is 11.4. The first-order valence-electron chi connectivity index (χ1n) is 9.40. The van der Waals surface area contributed by atoms with Gasteiger partial charge in [0.15, 0.2) is 0 Å². The molecule has 3 rings (SSSR count). The summed E-state index contributed by atoms with van der Waals surface area (Å²) >= 11 is 0. The van der Waals surface area contributed by atoms with Crippen molar-refractivity contribution in [2.24, 2.45) is 5.41 Å². The Hall–Kier alpha value is -3.22. The number of carboxylic acids is 1. The first-order valence-corrected chi connectivity index (χ1v) is 9.40. The van der Waals surface area contributed by atoms with Crippen LogP contribution < -0.4 is 15.4 Å². The summed E-state index contributed by atoms with van der Waals surface area (Å²) in [5.74, 6) is -0.623. The normalized spacial score (nSPS) is 17.6. The predicted octanol–water partition coefficient (Wildman–Crippen LogP) is 4.75. The third kappa shape index (κ3) is 4.45. The summed E-state index contributed by atoms with van der Waals surface area (Å²) in [6.45, 7) is 7.52. The lowest BCUT2D eigenvalue weighted by atomic mass is 9.73. The predicted molar refractivity (Wildman–Crippen MR) is 111 cm³/mol. The second kappa shape index (κ2) is 7.31. The Morgan fingerprint density at radius 2 is 1.90 bits per heavy atom. The van der Waals surface area contributed by atoms with Gasteiger partial charge in [0.25, 0.3) is 0 Å². The molecule has 1 atom stereocenters. The van der Waals surface area contributed by atoms with Crippen LogP contribution >= 0.6 is 0 Å². The van der Waals surface area contributed by atoms with Crippen molar-refractivity contribution in [1.82, 2.24) is 0 Å². The number of nitrogens with one attached hydrogen (secondary N) is 2. The van der Waals surface area contributed by atoms with Crippen LogP contribution in [0.1, 0.15) is 44.9 Å². The van der Waals surface area contributed by atoms with Crippen LogP contribution in [0.4, 0.5) is 16.2 Å². The minimum absolute atomic E-state index is 0.00377. The molecule has 1 unspecified atom stereocenters. The first kappa shape index (κ1) is 20.5. The molecule has 4 N–H and O–H groups in total. The number of rotatable bonds is 5. The quantitative estimate of drug-likeness (QED) is 0.425. The average molecular weight is 398 g/mol. The molecule has 0 radical (unpaired) electrons. The first-order chi connectivity index (χ1) is 13.5. The molecule has 1 aliphatic heterocycles. The lowest BCUT2D eigenvalue weighted by molar-refractivity contribution is -0.141. The number of benzene rings is 2. The zero-order valence-electron chi connectivity index (χ0n) is 16.9. The zero-order valence-corrected chi connectivity index (χ0v) is 16.9. The Balaban J connectivity index is 1.89. The molecular weight excluding hydrogens is 372 g/mol. The van der Waals surface area contributed by atoms with Crippen LogP contribution in [0.15, 0.2) is 42.5 Å². The summed E-state index contributed by atoms with van der Waals surface area (Å²) in [4.78, 5) is 22.2. The van der Waals surface area contributed by atoms with Crippen LogP contribution in [0.5, 0.6) is 5.75 Å². The number of anilines is 2. The van der Waals surface area contributed by atoms with Crippen LogP contribution in [0, 0.1) is 5.41 Å². The molecule has 29 heavy (non-hydrogen) atoms. The van der Waals surface area contributed by atoms with E-state index in [-0.39, 0.29) is 11.5 Å². The maximum Gasteiger partial charge on any atom is 0.511 e. The van der Waals surface area contributed by atoms with E-state index in [0.717, 1.165) is 28.9 Å². The monoisotopic (exact) mass is 398 g/mol. The van der Waals surface area contributed by atoms with Gasteiger partial charge in [-0.25, -0.2) is 9.59 Å². The van der Waals surface area contributed by atoms with Gasteiger partial charge in [0, 0.05) is 11.4 Å². The summed E-state index contributed by atoms with van der Waals surface area (Å²) in [5, 5.41) is 24.8. The number of hydrogen-bond donors (Lipinski definition) is 4. The fourth-order valence-electron chi connectivity index (χ4n) is 3.71. The molecule has 7 heteroatoms. The molecule has 7 nitrogen and oxygen atoms in total. The van der Waals surface area contributed by atoms with Gasteiger partial charge >= 0.3 is 12.1 Å². The summed E-state index contributed by atoms with van der Waals surface area (Å²) in [6, 6.07) is 13.0. The highest BCUT2D eigenvalue weighted by Crippen LogP contribution is 2.46. The van der Waals surface area contributed by atoms with E-state index in [1.54, 1.807) is 26.0 Å². The molecule has 0 fully saturated rings. The SMILES string of the molecule is CC(C)(Nc1cccc(C2Nc3ccc(OC(=O)O)cc3CC2(C)C)c1)C(=O)O. The third-order valence-electron chi connectivity index (χ3n) is 5.22. The number of carboxylic acid groups (broad SMARTS) is 2. The van der Waals surface area contributed by atoms with Gasteiger partial charge < -0.3 is 25.6 Å². The fourth-order valence-corrected chi connectivity index (χ4v) is 3.71. The molecule has 0 spiro atoms. The zero-order chi connectivity index (χ0) is 21.4. The molecule has 0 saturated carbocycles. The number of fused-ring (bicyclic) bond motifs is 1. The highest BCUT2D eigenvalue weighted by Gasteiger charge is 2.36. The van der Waals surface area contributed by atoms with Crippen molar-refractivity contribution in [3.05, 3.63) is 53.6 Å². The van der Waals surface area contributed by atoms with Crippen LogP contribution in [0.3, 0.4) is 0 Å². The van der Waals surface area contributed by atoms with Gasteiger partial charge in [-0.15, -0.1) is 0 Å². The number of ether oxygens (including phenoxy) is 1. The highest BCUT2D eigenvalue weighted by molar-refractivity contribution is 5.81. The van der Waals surface area contributed by atoms with Gasteiger partial charge in [-0.3, -0.25) is 0 Å². The molecule has 2 aromatic rings. The van der Waals surface area contributed by atoms with Crippen molar-refractivity contribution in [1.29, 1.82) is 0 Å². The molecule has 1 aliphatic rings. The second-order valence-corrected chi connectivity index (χ2v) is 8.61. The third-order valence-corrected chi connectivity index (χ3v) is 5.22.